The molecule has 2 aliphatic rings. The molecular formula is C55H74N2O15+2. The van der Waals surface area contributed by atoms with Crippen LogP contribution in [0.5, 0.6) is 34.5 Å². The number of ether oxygens (including phenoxy) is 8. The maximum absolute atomic E-state index is 12.9. The maximum atomic E-state index is 12.9. The Morgan fingerprint density at radius 2 is 1.01 bits per heavy atom. The number of likely N-dealkylation sites (N-methyl/N-ethyl adjacent to an activating group) is 2. The second kappa shape index (κ2) is 25.2. The first-order valence-electron chi connectivity index (χ1n) is 24.4. The van der Waals surface area contributed by atoms with Gasteiger partial charge in [-0.2, -0.15) is 0 Å². The zero-order valence-electron chi connectivity index (χ0n) is 43.1. The van der Waals surface area contributed by atoms with Gasteiger partial charge in [0.2, 0.25) is 5.75 Å². The molecule has 0 spiro atoms. The van der Waals surface area contributed by atoms with Crippen molar-refractivity contribution in [2.24, 2.45) is 0 Å². The van der Waals surface area contributed by atoms with Gasteiger partial charge in [0.15, 0.2) is 23.0 Å². The summed E-state index contributed by atoms with van der Waals surface area (Å²) in [6, 6.07) is 13.1. The van der Waals surface area contributed by atoms with E-state index < -0.39 is 11.9 Å². The molecule has 0 fully saturated rings. The number of methoxy groups -OCH3 is 6. The number of aliphatic hydroxyl groups excluding tert-OH is 5. The lowest BCUT2D eigenvalue weighted by Gasteiger charge is -2.46. The van der Waals surface area contributed by atoms with E-state index in [1.54, 1.807) is 42.7 Å². The third-order valence-corrected chi connectivity index (χ3v) is 14.8. The number of fused-ring (bicyclic) bond motifs is 2. The molecule has 4 atom stereocenters. The fourth-order valence-electron chi connectivity index (χ4n) is 10.9. The van der Waals surface area contributed by atoms with E-state index in [-0.39, 0.29) is 58.3 Å². The standard InChI is InChI=1S/C55H74N2O15/c1-56(19-15-37-28-41(32-60)43(34-62)53(68-6)50(37)44(56)25-35-11-12-39(30-58)40(23-35)31-59)17-9-21-71-48(63)13-14-49(64)72-22-10-18-57(2)20-16-38-29-47(66-4)54(69-7)55(70-8)51(38)45(57)26-36-24-42(33-61)52(67-5)46(27-36)65-3/h11-14,23-24,27-29,44-45,58-62H,9-10,15-22,25-26,30-34H2,1-8H3/q+2/b14-13-. The van der Waals surface area contributed by atoms with E-state index >= 15 is 0 Å². The van der Waals surface area contributed by atoms with Crippen molar-refractivity contribution in [2.45, 2.75) is 83.6 Å². The summed E-state index contributed by atoms with van der Waals surface area (Å²) in [6.45, 7) is 1.74. The van der Waals surface area contributed by atoms with E-state index in [0.29, 0.717) is 116 Å². The van der Waals surface area contributed by atoms with Crippen molar-refractivity contribution in [1.29, 1.82) is 0 Å². The van der Waals surface area contributed by atoms with Crippen molar-refractivity contribution in [2.75, 3.05) is 96.1 Å². The normalized spacial score (nSPS) is 19.3. The van der Waals surface area contributed by atoms with E-state index in [4.69, 9.17) is 37.9 Å². The summed E-state index contributed by atoms with van der Waals surface area (Å²) in [6.07, 6.45) is 5.68. The number of aliphatic hydroxyl groups is 5. The number of esters is 2. The summed E-state index contributed by atoms with van der Waals surface area (Å²) < 4.78 is 47.1. The van der Waals surface area contributed by atoms with E-state index in [2.05, 4.69) is 14.1 Å². The Hall–Kier alpha value is -5.92. The highest BCUT2D eigenvalue weighted by molar-refractivity contribution is 5.91. The van der Waals surface area contributed by atoms with Crippen LogP contribution in [-0.2, 0) is 77.8 Å². The number of hydrogen-bond acceptors (Lipinski definition) is 15. The van der Waals surface area contributed by atoms with Gasteiger partial charge in [-0.25, -0.2) is 9.59 Å². The molecule has 0 aromatic heterocycles. The Morgan fingerprint density at radius 3 is 1.51 bits per heavy atom. The van der Waals surface area contributed by atoms with E-state index in [1.807, 2.05) is 42.5 Å². The van der Waals surface area contributed by atoms with Crippen LogP contribution in [0.2, 0.25) is 0 Å². The summed E-state index contributed by atoms with van der Waals surface area (Å²) in [5.74, 6) is 1.83. The number of hydrogen-bond donors (Lipinski definition) is 5. The fourth-order valence-corrected chi connectivity index (χ4v) is 10.9. The lowest BCUT2D eigenvalue weighted by Crippen LogP contribution is -2.53. The molecule has 2 aliphatic heterocycles. The third-order valence-electron chi connectivity index (χ3n) is 14.8. The average Bonchev–Trinajstić information content (AvgIpc) is 3.40. The van der Waals surface area contributed by atoms with Crippen molar-refractivity contribution in [3.8, 4) is 34.5 Å². The first-order valence-corrected chi connectivity index (χ1v) is 24.4. The molecule has 4 aromatic carbocycles. The van der Waals surface area contributed by atoms with Crippen LogP contribution in [-0.4, -0.2) is 143 Å². The molecule has 0 aliphatic carbocycles. The number of nitrogens with zero attached hydrogens (tertiary/aromatic N) is 2. The molecule has 6 rings (SSSR count). The second-order valence-corrected chi connectivity index (χ2v) is 18.9. The van der Waals surface area contributed by atoms with E-state index in [1.165, 1.54) is 0 Å². The summed E-state index contributed by atoms with van der Waals surface area (Å²) in [5.41, 5.74) is 8.93. The first-order chi connectivity index (χ1) is 34.7. The van der Waals surface area contributed by atoms with Crippen molar-refractivity contribution in [3.05, 3.63) is 116 Å². The predicted octanol–water partition coefficient (Wildman–Crippen LogP) is 4.90. The van der Waals surface area contributed by atoms with E-state index in [9.17, 15) is 35.1 Å². The summed E-state index contributed by atoms with van der Waals surface area (Å²) in [4.78, 5) is 25.9. The average molecular weight is 1000 g/mol. The SMILES string of the molecule is COc1cc(CC2c3c(cc(OC)c(OC)c3OC)CC[N+]2(C)CCCOC(=O)/C=C\C(=O)OCCC[N+]2(C)CCc3cc(CO)c(CO)c(OC)c3C2Cc2ccc(CO)c(CO)c2)cc(CO)c1OC. The van der Waals surface area contributed by atoms with Crippen LogP contribution in [0, 0.1) is 0 Å². The lowest BCUT2D eigenvalue weighted by molar-refractivity contribution is -0.941. The van der Waals surface area contributed by atoms with Gasteiger partial charge in [-0.1, -0.05) is 24.3 Å². The molecule has 17 nitrogen and oxygen atoms in total. The Morgan fingerprint density at radius 1 is 0.528 bits per heavy atom. The Labute approximate surface area is 422 Å². The fraction of sp³-hybridized carbons (Fsp3) is 0.491. The molecule has 17 heteroatoms. The molecule has 0 saturated carbocycles. The van der Waals surface area contributed by atoms with Gasteiger partial charge in [-0.05, 0) is 57.1 Å². The Bertz CT molecular complexity index is 2540. The number of carbonyl (C=O) groups is 2. The van der Waals surface area contributed by atoms with Crippen molar-refractivity contribution < 1.29 is 82.0 Å². The van der Waals surface area contributed by atoms with Gasteiger partial charge in [0, 0.05) is 61.8 Å². The van der Waals surface area contributed by atoms with Crippen molar-refractivity contribution in [1.82, 2.24) is 0 Å². The quantitative estimate of drug-likeness (QED) is 0.0259. The van der Waals surface area contributed by atoms with Gasteiger partial charge < -0.3 is 72.4 Å². The van der Waals surface area contributed by atoms with Gasteiger partial charge >= 0.3 is 11.9 Å². The van der Waals surface area contributed by atoms with Crippen molar-refractivity contribution in [3.63, 3.8) is 0 Å². The minimum Gasteiger partial charge on any atom is -0.496 e. The molecule has 5 N–H and O–H groups in total. The molecule has 0 radical (unpaired) electrons. The number of quaternary nitrogens is 2. The topological polar surface area (TPSA) is 209 Å². The Balaban J connectivity index is 1.10. The summed E-state index contributed by atoms with van der Waals surface area (Å²) >= 11 is 0. The van der Waals surface area contributed by atoms with Crippen LogP contribution in [0.1, 0.15) is 86.1 Å². The molecule has 0 amide bonds. The van der Waals surface area contributed by atoms with Crippen LogP contribution in [0.15, 0.2) is 54.6 Å². The molecular weight excluding hydrogens is 929 g/mol. The molecule has 2 heterocycles. The van der Waals surface area contributed by atoms with Gasteiger partial charge in [0.1, 0.15) is 17.8 Å². The second-order valence-electron chi connectivity index (χ2n) is 18.9. The minimum absolute atomic E-state index is 0.100. The zero-order chi connectivity index (χ0) is 52.2. The number of carbonyl (C=O) groups excluding carboxylic acids is 2. The van der Waals surface area contributed by atoms with Crippen molar-refractivity contribution >= 4 is 11.9 Å². The lowest BCUT2D eigenvalue weighted by atomic mass is 9.82. The van der Waals surface area contributed by atoms with Crippen LogP contribution in [0.3, 0.4) is 0 Å². The molecule has 72 heavy (non-hydrogen) atoms. The minimum atomic E-state index is -0.671. The maximum Gasteiger partial charge on any atom is 0.331 e. The highest BCUT2D eigenvalue weighted by Gasteiger charge is 2.44. The van der Waals surface area contributed by atoms with Gasteiger partial charge in [-0.15, -0.1) is 0 Å². The van der Waals surface area contributed by atoms with Gasteiger partial charge in [0.05, 0.1) is 140 Å². The zero-order valence-corrected chi connectivity index (χ0v) is 43.1. The van der Waals surface area contributed by atoms with Gasteiger partial charge in [0.25, 0.3) is 0 Å². The molecule has 0 saturated heterocycles. The number of benzene rings is 4. The van der Waals surface area contributed by atoms with E-state index in [0.717, 1.165) is 65.0 Å². The van der Waals surface area contributed by atoms with Gasteiger partial charge in [-0.3, -0.25) is 0 Å². The summed E-state index contributed by atoms with van der Waals surface area (Å²) in [7, 11) is 13.8. The highest BCUT2D eigenvalue weighted by Crippen LogP contribution is 2.51. The highest BCUT2D eigenvalue weighted by atomic mass is 16.5. The number of rotatable bonds is 25. The molecule has 392 valence electrons. The first kappa shape index (κ1) is 55.4. The molecule has 4 unspecified atom stereocenters. The third kappa shape index (κ3) is 11.9. The summed E-state index contributed by atoms with van der Waals surface area (Å²) in [5, 5.41) is 50.8. The molecule has 0 bridgehead atoms. The smallest absolute Gasteiger partial charge is 0.331 e. The van der Waals surface area contributed by atoms with Crippen LogP contribution in [0.4, 0.5) is 0 Å². The predicted molar refractivity (Wildman–Crippen MR) is 267 cm³/mol. The van der Waals surface area contributed by atoms with Crippen LogP contribution >= 0.6 is 0 Å². The Kier molecular flexibility index (Phi) is 19.4. The van der Waals surface area contributed by atoms with Crippen LogP contribution < -0.4 is 28.4 Å². The largest absolute Gasteiger partial charge is 0.496 e. The molecule has 4 aromatic rings. The van der Waals surface area contributed by atoms with Crippen LogP contribution in [0.25, 0.3) is 0 Å². The monoisotopic (exact) mass is 1000 g/mol.